The quantitative estimate of drug-likeness (QED) is 0.919. The highest BCUT2D eigenvalue weighted by molar-refractivity contribution is 7.91. The van der Waals surface area contributed by atoms with Gasteiger partial charge in [-0.25, -0.2) is 8.42 Å². The van der Waals surface area contributed by atoms with E-state index >= 15 is 0 Å². The van der Waals surface area contributed by atoms with E-state index in [1.54, 1.807) is 0 Å². The van der Waals surface area contributed by atoms with E-state index in [1.807, 2.05) is 30.3 Å². The predicted molar refractivity (Wildman–Crippen MR) is 79.0 cm³/mol. The summed E-state index contributed by atoms with van der Waals surface area (Å²) in [5.41, 5.74) is 6.82. The Labute approximate surface area is 120 Å². The number of Topliss-reactive ketones (excluding diaryl/α,β-unsaturated/α-hetero) is 1. The molecule has 0 radical (unpaired) electrons. The molecule has 1 fully saturated rings. The summed E-state index contributed by atoms with van der Waals surface area (Å²) in [6.07, 6.45) is 3.84. The first-order valence-corrected chi connectivity index (χ1v) is 8.88. The third-order valence-corrected chi connectivity index (χ3v) is 5.74. The highest BCUT2D eigenvalue weighted by Crippen LogP contribution is 2.31. The van der Waals surface area contributed by atoms with E-state index in [4.69, 9.17) is 5.73 Å². The molecular weight excluding hydrogens is 274 g/mol. The number of sulfone groups is 1. The Balaban J connectivity index is 2.09. The van der Waals surface area contributed by atoms with Crippen LogP contribution in [0.2, 0.25) is 0 Å². The Morgan fingerprint density at radius 2 is 1.90 bits per heavy atom. The summed E-state index contributed by atoms with van der Waals surface area (Å²) in [5, 5.41) is -0.395. The lowest BCUT2D eigenvalue weighted by Gasteiger charge is -2.28. The molecule has 2 N–H and O–H groups in total. The lowest BCUT2D eigenvalue weighted by molar-refractivity contribution is -0.125. The number of nitrogens with two attached hydrogens (primary N) is 1. The van der Waals surface area contributed by atoms with Crippen molar-refractivity contribution >= 4 is 15.6 Å². The molecule has 0 bridgehead atoms. The average molecular weight is 295 g/mol. The zero-order valence-electron chi connectivity index (χ0n) is 11.7. The van der Waals surface area contributed by atoms with Crippen LogP contribution in [0.5, 0.6) is 0 Å². The molecule has 1 aromatic rings. The number of carbonyl (C=O) groups excluding carboxylic acids is 1. The molecular formula is C15H21NO3S. The Morgan fingerprint density at radius 3 is 2.50 bits per heavy atom. The maximum Gasteiger partial charge on any atom is 0.157 e. The van der Waals surface area contributed by atoms with E-state index in [2.05, 4.69) is 0 Å². The van der Waals surface area contributed by atoms with Gasteiger partial charge in [0.25, 0.3) is 0 Å². The monoisotopic (exact) mass is 295 g/mol. The maximum atomic E-state index is 12.5. The van der Waals surface area contributed by atoms with E-state index in [9.17, 15) is 13.2 Å². The Kier molecular flexibility index (Phi) is 4.60. The second-order valence-electron chi connectivity index (χ2n) is 5.61. The van der Waals surface area contributed by atoms with Crippen molar-refractivity contribution in [1.29, 1.82) is 0 Å². The molecule has 2 unspecified atom stereocenters. The highest BCUT2D eigenvalue weighted by Gasteiger charge is 2.34. The minimum Gasteiger partial charge on any atom is -0.318 e. The SMILES string of the molecule is CS(=O)(=O)C1CCCC(C(=O)[C@H](N)c2ccccc2)C1. The summed E-state index contributed by atoms with van der Waals surface area (Å²) in [6, 6.07) is 8.59. The van der Waals surface area contributed by atoms with E-state index in [-0.39, 0.29) is 11.7 Å². The van der Waals surface area contributed by atoms with Gasteiger partial charge in [-0.15, -0.1) is 0 Å². The fourth-order valence-electron chi connectivity index (χ4n) is 2.87. The molecule has 1 aliphatic carbocycles. The van der Waals surface area contributed by atoms with Crippen molar-refractivity contribution < 1.29 is 13.2 Å². The van der Waals surface area contributed by atoms with Gasteiger partial charge >= 0.3 is 0 Å². The first kappa shape index (κ1) is 15.2. The van der Waals surface area contributed by atoms with Gasteiger partial charge in [0.1, 0.15) is 9.84 Å². The van der Waals surface area contributed by atoms with Crippen molar-refractivity contribution in [2.45, 2.75) is 37.0 Å². The first-order chi connectivity index (χ1) is 9.39. The zero-order valence-corrected chi connectivity index (χ0v) is 12.5. The van der Waals surface area contributed by atoms with Crippen molar-refractivity contribution in [2.24, 2.45) is 11.7 Å². The molecule has 0 spiro atoms. The lowest BCUT2D eigenvalue weighted by atomic mass is 9.82. The number of rotatable bonds is 4. The van der Waals surface area contributed by atoms with Crippen LogP contribution in [0.25, 0.3) is 0 Å². The van der Waals surface area contributed by atoms with Crippen molar-refractivity contribution in [3.63, 3.8) is 0 Å². The molecule has 110 valence electrons. The van der Waals surface area contributed by atoms with Gasteiger partial charge in [0.2, 0.25) is 0 Å². The van der Waals surface area contributed by atoms with Crippen LogP contribution in [-0.2, 0) is 14.6 Å². The van der Waals surface area contributed by atoms with E-state index in [0.717, 1.165) is 18.4 Å². The van der Waals surface area contributed by atoms with E-state index in [1.165, 1.54) is 6.26 Å². The summed E-state index contributed by atoms with van der Waals surface area (Å²) in [6.45, 7) is 0. The van der Waals surface area contributed by atoms with Gasteiger partial charge in [-0.1, -0.05) is 36.8 Å². The van der Waals surface area contributed by atoms with Gasteiger partial charge in [-0.05, 0) is 24.8 Å². The van der Waals surface area contributed by atoms with Crippen molar-refractivity contribution in [2.75, 3.05) is 6.26 Å². The molecule has 0 aromatic heterocycles. The van der Waals surface area contributed by atoms with Gasteiger partial charge in [0.15, 0.2) is 5.78 Å². The second-order valence-corrected chi connectivity index (χ2v) is 7.93. The molecule has 0 saturated heterocycles. The summed E-state index contributed by atoms with van der Waals surface area (Å²) < 4.78 is 23.3. The number of carbonyl (C=O) groups is 1. The Bertz CT molecular complexity index is 568. The largest absolute Gasteiger partial charge is 0.318 e. The van der Waals surface area contributed by atoms with Gasteiger partial charge in [0.05, 0.1) is 11.3 Å². The summed E-state index contributed by atoms with van der Waals surface area (Å²) >= 11 is 0. The number of hydrogen-bond acceptors (Lipinski definition) is 4. The minimum atomic E-state index is -3.08. The van der Waals surface area contributed by atoms with E-state index < -0.39 is 21.1 Å². The van der Waals surface area contributed by atoms with Crippen molar-refractivity contribution in [1.82, 2.24) is 0 Å². The van der Waals surface area contributed by atoms with Gasteiger partial charge in [0, 0.05) is 12.2 Å². The Hall–Kier alpha value is -1.20. The molecule has 0 heterocycles. The fraction of sp³-hybridized carbons (Fsp3) is 0.533. The minimum absolute atomic E-state index is 0.0375. The summed E-state index contributed by atoms with van der Waals surface area (Å²) in [5.74, 6) is -0.275. The molecule has 0 amide bonds. The van der Waals surface area contributed by atoms with Crippen molar-refractivity contribution in [3.8, 4) is 0 Å². The number of ketones is 1. The predicted octanol–water partition coefficient (Wildman–Crippen LogP) is 1.86. The van der Waals surface area contributed by atoms with Gasteiger partial charge in [-0.3, -0.25) is 4.79 Å². The van der Waals surface area contributed by atoms with Crippen LogP contribution in [0.3, 0.4) is 0 Å². The molecule has 20 heavy (non-hydrogen) atoms. The fourth-order valence-corrected chi connectivity index (χ4v) is 4.05. The molecule has 2 rings (SSSR count). The van der Waals surface area contributed by atoms with Gasteiger partial charge in [-0.2, -0.15) is 0 Å². The van der Waals surface area contributed by atoms with Crippen LogP contribution in [0.4, 0.5) is 0 Å². The van der Waals surface area contributed by atoms with Crippen LogP contribution < -0.4 is 5.73 Å². The van der Waals surface area contributed by atoms with E-state index in [0.29, 0.717) is 12.8 Å². The van der Waals surface area contributed by atoms with Crippen LogP contribution in [0.15, 0.2) is 30.3 Å². The third-order valence-electron chi connectivity index (χ3n) is 4.10. The van der Waals surface area contributed by atoms with Crippen LogP contribution >= 0.6 is 0 Å². The summed E-state index contributed by atoms with van der Waals surface area (Å²) in [4.78, 5) is 12.5. The number of hydrogen-bond donors (Lipinski definition) is 1. The average Bonchev–Trinajstić information content (AvgIpc) is 2.46. The second kappa shape index (κ2) is 6.06. The topological polar surface area (TPSA) is 77.2 Å². The standard InChI is InChI=1S/C15H21NO3S/c1-20(18,19)13-9-5-8-12(10-13)15(17)14(16)11-6-3-2-4-7-11/h2-4,6-7,12-14H,5,8-10,16H2,1H3/t12?,13?,14-/m1/s1. The molecule has 1 aromatic carbocycles. The molecule has 5 heteroatoms. The van der Waals surface area contributed by atoms with Crippen LogP contribution in [-0.4, -0.2) is 25.7 Å². The Morgan fingerprint density at radius 1 is 1.25 bits per heavy atom. The van der Waals surface area contributed by atoms with Crippen LogP contribution in [0, 0.1) is 5.92 Å². The van der Waals surface area contributed by atoms with Gasteiger partial charge < -0.3 is 5.73 Å². The van der Waals surface area contributed by atoms with Crippen LogP contribution in [0.1, 0.15) is 37.3 Å². The number of benzene rings is 1. The summed E-state index contributed by atoms with van der Waals surface area (Å²) in [7, 11) is -3.08. The van der Waals surface area contributed by atoms with Crippen molar-refractivity contribution in [3.05, 3.63) is 35.9 Å². The maximum absolute atomic E-state index is 12.5. The lowest BCUT2D eigenvalue weighted by Crippen LogP contribution is -2.35. The first-order valence-electron chi connectivity index (χ1n) is 6.92. The normalized spacial score (nSPS) is 25.1. The zero-order chi connectivity index (χ0) is 14.8. The smallest absolute Gasteiger partial charge is 0.157 e. The molecule has 1 saturated carbocycles. The molecule has 0 aliphatic heterocycles. The molecule has 1 aliphatic rings. The molecule has 4 nitrogen and oxygen atoms in total. The highest BCUT2D eigenvalue weighted by atomic mass is 32.2. The third kappa shape index (κ3) is 3.46. The molecule has 3 atom stereocenters.